The Hall–Kier alpha value is -3.29. The average molecular weight is 350 g/mol. The van der Waals surface area contributed by atoms with Crippen molar-refractivity contribution < 1.29 is 9.32 Å². The van der Waals surface area contributed by atoms with Crippen LogP contribution in [0, 0.1) is 6.92 Å². The Kier molecular flexibility index (Phi) is 4.30. The lowest BCUT2D eigenvalue weighted by Crippen LogP contribution is -2.30. The molecule has 3 aromatic heterocycles. The number of aryl methyl sites for hydroxylation is 1. The van der Waals surface area contributed by atoms with Gasteiger partial charge in [0.25, 0.3) is 5.91 Å². The molecule has 0 radical (unpaired) electrons. The van der Waals surface area contributed by atoms with Gasteiger partial charge in [-0.25, -0.2) is 9.97 Å². The van der Waals surface area contributed by atoms with Crippen molar-refractivity contribution in [3.05, 3.63) is 60.0 Å². The molecule has 1 fully saturated rings. The SMILES string of the molecule is Cc1cc(C(=O)N2CCC[C@H]2c2ccnc(Nc3cnccn3)c2)no1. The molecule has 0 spiro atoms. The predicted octanol–water partition coefficient (Wildman–Crippen LogP) is 2.89. The van der Waals surface area contributed by atoms with Gasteiger partial charge in [0.15, 0.2) is 5.69 Å². The van der Waals surface area contributed by atoms with Gasteiger partial charge in [0.2, 0.25) is 0 Å². The van der Waals surface area contributed by atoms with Crippen LogP contribution in [-0.4, -0.2) is 37.5 Å². The number of rotatable bonds is 4. The summed E-state index contributed by atoms with van der Waals surface area (Å²) in [7, 11) is 0. The van der Waals surface area contributed by atoms with Gasteiger partial charge < -0.3 is 14.7 Å². The van der Waals surface area contributed by atoms with E-state index in [0.717, 1.165) is 18.4 Å². The van der Waals surface area contributed by atoms with E-state index in [2.05, 4.69) is 25.4 Å². The Morgan fingerprint density at radius 1 is 1.23 bits per heavy atom. The molecule has 26 heavy (non-hydrogen) atoms. The zero-order chi connectivity index (χ0) is 17.9. The zero-order valence-electron chi connectivity index (χ0n) is 14.3. The number of aromatic nitrogens is 4. The first-order chi connectivity index (χ1) is 12.7. The summed E-state index contributed by atoms with van der Waals surface area (Å²) in [5.41, 5.74) is 1.37. The molecular formula is C18H18N6O2. The third-order valence-corrected chi connectivity index (χ3v) is 4.35. The molecule has 1 N–H and O–H groups in total. The van der Waals surface area contributed by atoms with Crippen LogP contribution in [0.1, 0.15) is 40.7 Å². The first-order valence-corrected chi connectivity index (χ1v) is 8.44. The number of carbonyl (C=O) groups is 1. The molecule has 132 valence electrons. The lowest BCUT2D eigenvalue weighted by molar-refractivity contribution is 0.0725. The highest BCUT2D eigenvalue weighted by molar-refractivity contribution is 5.92. The van der Waals surface area contributed by atoms with Crippen molar-refractivity contribution in [1.29, 1.82) is 0 Å². The van der Waals surface area contributed by atoms with E-state index >= 15 is 0 Å². The highest BCUT2D eigenvalue weighted by atomic mass is 16.5. The van der Waals surface area contributed by atoms with Crippen LogP contribution in [-0.2, 0) is 0 Å². The standard InChI is InChI=1S/C18H18N6O2/c1-12-9-14(23-26-12)18(25)24-8-2-3-15(24)13-4-5-20-16(10-13)22-17-11-19-6-7-21-17/h4-7,9-11,15H,2-3,8H2,1H3,(H,20,21,22)/t15-/m0/s1. The van der Waals surface area contributed by atoms with Crippen LogP contribution in [0.15, 0.2) is 47.5 Å². The molecule has 0 bridgehead atoms. The number of pyridine rings is 1. The summed E-state index contributed by atoms with van der Waals surface area (Å²) >= 11 is 0. The van der Waals surface area contributed by atoms with Crippen LogP contribution in [0.25, 0.3) is 0 Å². The predicted molar refractivity (Wildman–Crippen MR) is 93.8 cm³/mol. The number of hydrogen-bond donors (Lipinski definition) is 1. The molecule has 4 heterocycles. The van der Waals surface area contributed by atoms with Gasteiger partial charge in [-0.1, -0.05) is 5.16 Å². The van der Waals surface area contributed by atoms with Crippen LogP contribution >= 0.6 is 0 Å². The lowest BCUT2D eigenvalue weighted by Gasteiger charge is -2.24. The maximum atomic E-state index is 12.8. The lowest BCUT2D eigenvalue weighted by atomic mass is 10.1. The molecule has 0 unspecified atom stereocenters. The molecule has 0 saturated carbocycles. The van der Waals surface area contributed by atoms with E-state index in [4.69, 9.17) is 4.52 Å². The smallest absolute Gasteiger partial charge is 0.276 e. The number of amides is 1. The van der Waals surface area contributed by atoms with Crippen molar-refractivity contribution in [3.8, 4) is 0 Å². The molecule has 4 rings (SSSR count). The van der Waals surface area contributed by atoms with Crippen LogP contribution < -0.4 is 5.32 Å². The molecule has 1 aliphatic rings. The van der Waals surface area contributed by atoms with Gasteiger partial charge in [0.05, 0.1) is 12.2 Å². The fraction of sp³-hybridized carbons (Fsp3) is 0.278. The maximum Gasteiger partial charge on any atom is 0.276 e. The van der Waals surface area contributed by atoms with Crippen LogP contribution in [0.2, 0.25) is 0 Å². The molecule has 3 aromatic rings. The molecular weight excluding hydrogens is 332 g/mol. The van der Waals surface area contributed by atoms with Crippen LogP contribution in [0.5, 0.6) is 0 Å². The van der Waals surface area contributed by atoms with Crippen molar-refractivity contribution in [1.82, 2.24) is 25.0 Å². The molecule has 1 aliphatic heterocycles. The maximum absolute atomic E-state index is 12.8. The number of likely N-dealkylation sites (tertiary alicyclic amines) is 1. The van der Waals surface area contributed by atoms with Crippen molar-refractivity contribution in [2.24, 2.45) is 0 Å². The Morgan fingerprint density at radius 2 is 2.12 bits per heavy atom. The van der Waals surface area contributed by atoms with Crippen molar-refractivity contribution in [2.45, 2.75) is 25.8 Å². The van der Waals surface area contributed by atoms with Gasteiger partial charge >= 0.3 is 0 Å². The van der Waals surface area contributed by atoms with Gasteiger partial charge in [-0.2, -0.15) is 0 Å². The van der Waals surface area contributed by atoms with E-state index in [0.29, 0.717) is 29.6 Å². The second-order valence-corrected chi connectivity index (χ2v) is 6.17. The van der Waals surface area contributed by atoms with E-state index in [9.17, 15) is 4.79 Å². The summed E-state index contributed by atoms with van der Waals surface area (Å²) < 4.78 is 5.04. The van der Waals surface area contributed by atoms with E-state index < -0.39 is 0 Å². The number of nitrogens with one attached hydrogen (secondary N) is 1. The van der Waals surface area contributed by atoms with Crippen molar-refractivity contribution >= 4 is 17.5 Å². The molecule has 0 aliphatic carbocycles. The fourth-order valence-corrected chi connectivity index (χ4v) is 3.19. The fourth-order valence-electron chi connectivity index (χ4n) is 3.19. The summed E-state index contributed by atoms with van der Waals surface area (Å²) in [4.78, 5) is 27.2. The topological polar surface area (TPSA) is 97.0 Å². The number of carbonyl (C=O) groups excluding carboxylic acids is 1. The average Bonchev–Trinajstić information content (AvgIpc) is 3.31. The second kappa shape index (κ2) is 6.91. The largest absolute Gasteiger partial charge is 0.361 e. The normalized spacial score (nSPS) is 16.7. The molecule has 8 heteroatoms. The summed E-state index contributed by atoms with van der Waals surface area (Å²) in [6, 6.07) is 5.54. The third-order valence-electron chi connectivity index (χ3n) is 4.35. The van der Waals surface area contributed by atoms with Crippen molar-refractivity contribution in [3.63, 3.8) is 0 Å². The number of hydrogen-bond acceptors (Lipinski definition) is 7. The Bertz CT molecular complexity index is 911. The molecule has 1 amide bonds. The Balaban J connectivity index is 1.56. The van der Waals surface area contributed by atoms with Crippen LogP contribution in [0.4, 0.5) is 11.6 Å². The number of anilines is 2. The van der Waals surface area contributed by atoms with E-state index in [-0.39, 0.29) is 11.9 Å². The van der Waals surface area contributed by atoms with Gasteiger partial charge in [-0.3, -0.25) is 9.78 Å². The first kappa shape index (κ1) is 16.2. The minimum atomic E-state index is -0.107. The minimum absolute atomic E-state index is 0.00934. The van der Waals surface area contributed by atoms with Crippen molar-refractivity contribution in [2.75, 3.05) is 11.9 Å². The Morgan fingerprint density at radius 3 is 2.88 bits per heavy atom. The van der Waals surface area contributed by atoms with E-state index in [1.165, 1.54) is 0 Å². The van der Waals surface area contributed by atoms with Crippen LogP contribution in [0.3, 0.4) is 0 Å². The molecule has 1 saturated heterocycles. The quantitative estimate of drug-likeness (QED) is 0.772. The zero-order valence-corrected chi connectivity index (χ0v) is 14.3. The summed E-state index contributed by atoms with van der Waals surface area (Å²) in [5, 5.41) is 6.99. The number of nitrogens with zero attached hydrogens (tertiary/aromatic N) is 5. The highest BCUT2D eigenvalue weighted by Crippen LogP contribution is 2.33. The highest BCUT2D eigenvalue weighted by Gasteiger charge is 2.32. The summed E-state index contributed by atoms with van der Waals surface area (Å²) in [6.45, 7) is 2.48. The third kappa shape index (κ3) is 3.26. The van der Waals surface area contributed by atoms with E-state index in [1.54, 1.807) is 37.8 Å². The molecule has 8 nitrogen and oxygen atoms in total. The van der Waals surface area contributed by atoms with E-state index in [1.807, 2.05) is 17.0 Å². The summed E-state index contributed by atoms with van der Waals surface area (Å²) in [5.74, 6) is 1.81. The monoisotopic (exact) mass is 350 g/mol. The Labute approximate surface area is 150 Å². The minimum Gasteiger partial charge on any atom is -0.361 e. The van der Waals surface area contributed by atoms with Gasteiger partial charge in [0.1, 0.15) is 17.4 Å². The molecule has 0 aromatic carbocycles. The molecule has 1 atom stereocenters. The van der Waals surface area contributed by atoms with Gasteiger partial charge in [-0.15, -0.1) is 0 Å². The first-order valence-electron chi connectivity index (χ1n) is 8.44. The van der Waals surface area contributed by atoms with Gasteiger partial charge in [0, 0.05) is 31.2 Å². The summed E-state index contributed by atoms with van der Waals surface area (Å²) in [6.07, 6.45) is 8.44. The second-order valence-electron chi connectivity index (χ2n) is 6.17. The van der Waals surface area contributed by atoms with Gasteiger partial charge in [-0.05, 0) is 37.5 Å².